The van der Waals surface area contributed by atoms with Gasteiger partial charge in [0.25, 0.3) is 5.91 Å². The summed E-state index contributed by atoms with van der Waals surface area (Å²) < 4.78 is 14.8. The molecular weight excluding hydrogens is 388 g/mol. The van der Waals surface area contributed by atoms with Gasteiger partial charge < -0.3 is 24.1 Å². The summed E-state index contributed by atoms with van der Waals surface area (Å²) in [5.41, 5.74) is 1.04. The molecule has 3 rings (SSSR count). The van der Waals surface area contributed by atoms with Crippen molar-refractivity contribution < 1.29 is 28.3 Å². The van der Waals surface area contributed by atoms with Crippen LogP contribution in [-0.2, 0) is 25.6 Å². The Kier molecular flexibility index (Phi) is 6.49. The van der Waals surface area contributed by atoms with Crippen LogP contribution in [-0.4, -0.2) is 32.1 Å². The van der Waals surface area contributed by atoms with Gasteiger partial charge in [-0.1, -0.05) is 6.08 Å². The molecule has 2 aromatic rings. The summed E-state index contributed by atoms with van der Waals surface area (Å²) in [7, 11) is 2.46. The van der Waals surface area contributed by atoms with Gasteiger partial charge in [0.05, 0.1) is 32.6 Å². The van der Waals surface area contributed by atoms with E-state index in [4.69, 9.17) is 13.9 Å². The van der Waals surface area contributed by atoms with Crippen LogP contribution < -0.4 is 10.2 Å². The minimum absolute atomic E-state index is 0.00405. The van der Waals surface area contributed by atoms with E-state index >= 15 is 0 Å². The minimum Gasteiger partial charge on any atom is -0.467 e. The van der Waals surface area contributed by atoms with Crippen molar-refractivity contribution in [1.82, 2.24) is 5.32 Å². The topological polar surface area (TPSA) is 98.1 Å². The highest BCUT2D eigenvalue weighted by atomic mass is 16.5. The van der Waals surface area contributed by atoms with Gasteiger partial charge in [-0.05, 0) is 48.6 Å². The molecule has 1 aliphatic heterocycles. The first kappa shape index (κ1) is 20.7. The second-order valence-electron chi connectivity index (χ2n) is 6.13. The second kappa shape index (κ2) is 9.42. The van der Waals surface area contributed by atoms with Crippen molar-refractivity contribution >= 4 is 23.5 Å². The Balaban J connectivity index is 1.86. The number of carbonyl (C=O) groups is 3. The fraction of sp³-hybridized carbons (Fsp3) is 0.136. The second-order valence-corrected chi connectivity index (χ2v) is 6.13. The van der Waals surface area contributed by atoms with Crippen LogP contribution in [0.3, 0.4) is 0 Å². The Bertz CT molecular complexity index is 1020. The predicted octanol–water partition coefficient (Wildman–Crippen LogP) is 2.70. The quantitative estimate of drug-likeness (QED) is 0.734. The number of ether oxygens (including phenoxy) is 2. The van der Waals surface area contributed by atoms with Crippen LogP contribution in [0, 0.1) is 0 Å². The number of amides is 1. The van der Waals surface area contributed by atoms with E-state index in [-0.39, 0.29) is 23.7 Å². The molecule has 0 bridgehead atoms. The number of esters is 2. The van der Waals surface area contributed by atoms with Gasteiger partial charge in [0.2, 0.25) is 0 Å². The average Bonchev–Trinajstić information content (AvgIpc) is 3.21. The molecule has 1 aliphatic rings. The lowest BCUT2D eigenvalue weighted by molar-refractivity contribution is -0.139. The third-order valence-corrected chi connectivity index (χ3v) is 4.30. The SMILES string of the molecule is COC(=O)C1=C(C(=O)OC)N(c2ccc(C(=O)NCc3ccco3)cc2)C=CC=C1. The molecule has 2 heterocycles. The Morgan fingerprint density at radius 2 is 1.73 bits per heavy atom. The van der Waals surface area contributed by atoms with Gasteiger partial charge in [0, 0.05) is 17.5 Å². The summed E-state index contributed by atoms with van der Waals surface area (Å²) in [4.78, 5) is 38.5. The van der Waals surface area contributed by atoms with E-state index in [0.29, 0.717) is 17.0 Å². The molecule has 8 nitrogen and oxygen atoms in total. The van der Waals surface area contributed by atoms with E-state index in [0.717, 1.165) is 0 Å². The standard InChI is InChI=1S/C22H20N2O6/c1-28-21(26)18-7-3-4-12-24(19(18)22(27)29-2)16-10-8-15(9-11-16)20(25)23-14-17-6-5-13-30-17/h3-13H,14H2,1-2H3,(H,23,25). The zero-order valence-electron chi connectivity index (χ0n) is 16.5. The van der Waals surface area contributed by atoms with Crippen LogP contribution >= 0.6 is 0 Å². The number of nitrogens with one attached hydrogen (secondary N) is 1. The molecule has 30 heavy (non-hydrogen) atoms. The third kappa shape index (κ3) is 4.49. The van der Waals surface area contributed by atoms with Crippen LogP contribution in [0.15, 0.2) is 82.8 Å². The normalized spacial score (nSPS) is 13.1. The van der Waals surface area contributed by atoms with E-state index < -0.39 is 11.9 Å². The number of furan rings is 1. The predicted molar refractivity (Wildman–Crippen MR) is 108 cm³/mol. The fourth-order valence-corrected chi connectivity index (χ4v) is 2.82. The van der Waals surface area contributed by atoms with E-state index in [1.807, 2.05) is 0 Å². The van der Waals surface area contributed by atoms with Crippen molar-refractivity contribution in [2.45, 2.75) is 6.54 Å². The van der Waals surface area contributed by atoms with Crippen molar-refractivity contribution in [2.24, 2.45) is 0 Å². The van der Waals surface area contributed by atoms with Crippen LogP contribution in [0.4, 0.5) is 5.69 Å². The number of hydrogen-bond acceptors (Lipinski definition) is 7. The van der Waals surface area contributed by atoms with Crippen LogP contribution in [0.5, 0.6) is 0 Å². The highest BCUT2D eigenvalue weighted by molar-refractivity contribution is 6.05. The number of methoxy groups -OCH3 is 2. The molecule has 0 radical (unpaired) electrons. The lowest BCUT2D eigenvalue weighted by Crippen LogP contribution is -2.27. The lowest BCUT2D eigenvalue weighted by Gasteiger charge is -2.23. The molecule has 154 valence electrons. The highest BCUT2D eigenvalue weighted by Crippen LogP contribution is 2.26. The Morgan fingerprint density at radius 1 is 1.00 bits per heavy atom. The molecule has 0 fully saturated rings. The summed E-state index contributed by atoms with van der Waals surface area (Å²) in [6.45, 7) is 0.270. The first-order chi connectivity index (χ1) is 14.5. The van der Waals surface area contributed by atoms with E-state index in [2.05, 4.69) is 5.32 Å². The van der Waals surface area contributed by atoms with Crippen LogP contribution in [0.1, 0.15) is 16.1 Å². The average molecular weight is 408 g/mol. The minimum atomic E-state index is -0.702. The van der Waals surface area contributed by atoms with Gasteiger partial charge in [-0.25, -0.2) is 9.59 Å². The van der Waals surface area contributed by atoms with Gasteiger partial charge in [-0.3, -0.25) is 4.79 Å². The molecule has 0 atom stereocenters. The summed E-state index contributed by atoms with van der Waals surface area (Å²) in [6.07, 6.45) is 7.92. The number of allylic oxidation sites excluding steroid dienone is 2. The monoisotopic (exact) mass is 408 g/mol. The summed E-state index contributed by atoms with van der Waals surface area (Å²) in [5, 5.41) is 2.76. The third-order valence-electron chi connectivity index (χ3n) is 4.30. The number of anilines is 1. The largest absolute Gasteiger partial charge is 0.467 e. The first-order valence-electron chi connectivity index (χ1n) is 9.00. The number of benzene rings is 1. The molecule has 0 saturated carbocycles. The zero-order valence-corrected chi connectivity index (χ0v) is 16.5. The van der Waals surface area contributed by atoms with Crippen molar-refractivity contribution in [3.63, 3.8) is 0 Å². The highest BCUT2D eigenvalue weighted by Gasteiger charge is 2.27. The maximum absolute atomic E-state index is 12.4. The fourth-order valence-electron chi connectivity index (χ4n) is 2.82. The molecule has 1 N–H and O–H groups in total. The molecule has 0 spiro atoms. The van der Waals surface area contributed by atoms with Gasteiger partial charge in [-0.15, -0.1) is 0 Å². The lowest BCUT2D eigenvalue weighted by atomic mass is 10.1. The van der Waals surface area contributed by atoms with Crippen LogP contribution in [0.2, 0.25) is 0 Å². The summed E-state index contributed by atoms with van der Waals surface area (Å²) in [5.74, 6) is -1.00. The number of hydrogen-bond donors (Lipinski definition) is 1. The summed E-state index contributed by atoms with van der Waals surface area (Å²) >= 11 is 0. The Hall–Kier alpha value is -4.07. The molecule has 1 aromatic heterocycles. The number of carbonyl (C=O) groups excluding carboxylic acids is 3. The van der Waals surface area contributed by atoms with Crippen molar-refractivity contribution in [2.75, 3.05) is 19.1 Å². The van der Waals surface area contributed by atoms with E-state index in [1.165, 1.54) is 31.5 Å². The maximum atomic E-state index is 12.4. The van der Waals surface area contributed by atoms with Gasteiger partial charge in [0.1, 0.15) is 11.5 Å². The van der Waals surface area contributed by atoms with Crippen molar-refractivity contribution in [1.29, 1.82) is 0 Å². The Morgan fingerprint density at radius 3 is 2.37 bits per heavy atom. The molecule has 0 unspecified atom stereocenters. The van der Waals surface area contributed by atoms with E-state index in [9.17, 15) is 14.4 Å². The van der Waals surface area contributed by atoms with Gasteiger partial charge in [0.15, 0.2) is 0 Å². The maximum Gasteiger partial charge on any atom is 0.355 e. The smallest absolute Gasteiger partial charge is 0.355 e. The molecule has 1 aromatic carbocycles. The number of rotatable bonds is 6. The van der Waals surface area contributed by atoms with E-state index in [1.54, 1.807) is 54.8 Å². The molecular formula is C22H20N2O6. The van der Waals surface area contributed by atoms with Gasteiger partial charge >= 0.3 is 11.9 Å². The van der Waals surface area contributed by atoms with Gasteiger partial charge in [-0.2, -0.15) is 0 Å². The van der Waals surface area contributed by atoms with Crippen LogP contribution in [0.25, 0.3) is 0 Å². The van der Waals surface area contributed by atoms with Crippen molar-refractivity contribution in [3.8, 4) is 0 Å². The first-order valence-corrected chi connectivity index (χ1v) is 9.00. The van der Waals surface area contributed by atoms with Crippen molar-refractivity contribution in [3.05, 3.63) is 89.7 Å². The summed E-state index contributed by atoms with van der Waals surface area (Å²) in [6, 6.07) is 10.1. The zero-order chi connectivity index (χ0) is 21.5. The molecule has 1 amide bonds. The molecule has 0 aliphatic carbocycles. The number of nitrogens with zero attached hydrogens (tertiary/aromatic N) is 1. The molecule has 0 saturated heterocycles. The molecule has 8 heteroatoms. The Labute approximate surface area is 173 Å².